The maximum atomic E-state index is 13.7. The highest BCUT2D eigenvalue weighted by atomic mass is 32.1. The summed E-state index contributed by atoms with van der Waals surface area (Å²) in [5.41, 5.74) is 0.549. The molecule has 1 aromatic heterocycles. The topological polar surface area (TPSA) is 48.7 Å². The van der Waals surface area contributed by atoms with Crippen molar-refractivity contribution in [1.82, 2.24) is 4.98 Å². The lowest BCUT2D eigenvalue weighted by Gasteiger charge is -2.05. The number of hydrogen-bond donors (Lipinski definition) is 1. The second-order valence-electron chi connectivity index (χ2n) is 4.26. The molecule has 2 aromatic rings. The van der Waals surface area contributed by atoms with Crippen LogP contribution in [0.4, 0.5) is 19.6 Å². The number of nitrogens with one attached hydrogen (secondary N) is 1. The van der Waals surface area contributed by atoms with E-state index in [4.69, 9.17) is 5.26 Å². The van der Waals surface area contributed by atoms with E-state index in [0.717, 1.165) is 5.69 Å². The van der Waals surface area contributed by atoms with Crippen LogP contribution >= 0.6 is 11.3 Å². The van der Waals surface area contributed by atoms with Gasteiger partial charge in [-0.25, -0.2) is 13.8 Å². The molecule has 0 aliphatic carbocycles. The van der Waals surface area contributed by atoms with Gasteiger partial charge in [0.05, 0.1) is 16.9 Å². The van der Waals surface area contributed by atoms with E-state index in [1.54, 1.807) is 6.07 Å². The molecule has 0 saturated carbocycles. The molecule has 1 aromatic carbocycles. The molecule has 98 valence electrons. The van der Waals surface area contributed by atoms with Gasteiger partial charge in [0.15, 0.2) is 16.8 Å². The summed E-state index contributed by atoms with van der Waals surface area (Å²) in [6.07, 6.45) is 0. The fourth-order valence-electron chi connectivity index (χ4n) is 1.46. The van der Waals surface area contributed by atoms with Crippen LogP contribution in [0.25, 0.3) is 0 Å². The van der Waals surface area contributed by atoms with Crippen LogP contribution in [0, 0.1) is 23.0 Å². The number of rotatable bonds is 3. The monoisotopic (exact) mass is 279 g/mol. The standard InChI is InChI=1S/C13H11F2N3S/c1-7(2)10-6-19-13(18-10)17-9-4-3-8(5-16)11(14)12(9)15/h3-4,6-7H,1-2H3,(H,17,18). The summed E-state index contributed by atoms with van der Waals surface area (Å²) in [5.74, 6) is -1.94. The Morgan fingerprint density at radius 1 is 1.32 bits per heavy atom. The smallest absolute Gasteiger partial charge is 0.187 e. The van der Waals surface area contributed by atoms with Crippen molar-refractivity contribution >= 4 is 22.2 Å². The Morgan fingerprint density at radius 2 is 2.05 bits per heavy atom. The van der Waals surface area contributed by atoms with Crippen molar-refractivity contribution in [3.63, 3.8) is 0 Å². The van der Waals surface area contributed by atoms with E-state index in [9.17, 15) is 8.78 Å². The number of benzene rings is 1. The molecule has 0 saturated heterocycles. The van der Waals surface area contributed by atoms with Crippen LogP contribution in [-0.2, 0) is 0 Å². The van der Waals surface area contributed by atoms with Crippen LogP contribution < -0.4 is 5.32 Å². The number of hydrogen-bond acceptors (Lipinski definition) is 4. The summed E-state index contributed by atoms with van der Waals surface area (Å²) in [7, 11) is 0. The number of nitriles is 1. The van der Waals surface area contributed by atoms with Crippen LogP contribution in [-0.4, -0.2) is 4.98 Å². The van der Waals surface area contributed by atoms with Crippen molar-refractivity contribution < 1.29 is 8.78 Å². The Morgan fingerprint density at radius 3 is 2.63 bits per heavy atom. The van der Waals surface area contributed by atoms with Gasteiger partial charge >= 0.3 is 0 Å². The van der Waals surface area contributed by atoms with E-state index in [1.807, 2.05) is 19.2 Å². The highest BCUT2D eigenvalue weighted by molar-refractivity contribution is 7.13. The van der Waals surface area contributed by atoms with Crippen molar-refractivity contribution in [2.24, 2.45) is 0 Å². The molecule has 6 heteroatoms. The van der Waals surface area contributed by atoms with E-state index >= 15 is 0 Å². The fourth-order valence-corrected chi connectivity index (χ4v) is 2.34. The highest BCUT2D eigenvalue weighted by Crippen LogP contribution is 2.27. The van der Waals surface area contributed by atoms with Gasteiger partial charge in [-0.1, -0.05) is 13.8 Å². The van der Waals surface area contributed by atoms with Crippen molar-refractivity contribution in [3.8, 4) is 6.07 Å². The third-order valence-corrected chi connectivity index (χ3v) is 3.33. The SMILES string of the molecule is CC(C)c1csc(Nc2ccc(C#N)c(F)c2F)n1. The largest absolute Gasteiger partial charge is 0.329 e. The first-order valence-electron chi connectivity index (χ1n) is 5.63. The molecule has 19 heavy (non-hydrogen) atoms. The van der Waals surface area contributed by atoms with Gasteiger partial charge in [0.1, 0.15) is 6.07 Å². The molecule has 0 bridgehead atoms. The van der Waals surface area contributed by atoms with E-state index in [0.29, 0.717) is 5.13 Å². The van der Waals surface area contributed by atoms with Crippen LogP contribution in [0.5, 0.6) is 0 Å². The van der Waals surface area contributed by atoms with Crippen molar-refractivity contribution in [3.05, 3.63) is 40.4 Å². The van der Waals surface area contributed by atoms with Crippen molar-refractivity contribution in [2.75, 3.05) is 5.32 Å². The molecule has 0 radical (unpaired) electrons. The van der Waals surface area contributed by atoms with Crippen LogP contribution in [0.2, 0.25) is 0 Å². The minimum absolute atomic E-state index is 0.0267. The molecule has 0 spiro atoms. The first kappa shape index (κ1) is 13.4. The number of nitrogens with zero attached hydrogens (tertiary/aromatic N) is 2. The summed E-state index contributed by atoms with van der Waals surface area (Å²) >= 11 is 1.32. The zero-order valence-corrected chi connectivity index (χ0v) is 11.2. The van der Waals surface area contributed by atoms with Crippen molar-refractivity contribution in [2.45, 2.75) is 19.8 Å². The third kappa shape index (κ3) is 2.71. The molecular weight excluding hydrogens is 268 g/mol. The van der Waals surface area contributed by atoms with Gasteiger partial charge in [-0.15, -0.1) is 11.3 Å². The Hall–Kier alpha value is -2.00. The average Bonchev–Trinajstić information content (AvgIpc) is 2.84. The number of aromatic nitrogens is 1. The average molecular weight is 279 g/mol. The zero-order valence-electron chi connectivity index (χ0n) is 10.4. The third-order valence-electron chi connectivity index (χ3n) is 2.56. The Labute approximate surface area is 113 Å². The number of halogens is 2. The molecule has 1 heterocycles. The maximum absolute atomic E-state index is 13.7. The minimum Gasteiger partial charge on any atom is -0.329 e. The van der Waals surface area contributed by atoms with Gasteiger partial charge in [0.25, 0.3) is 0 Å². The lowest BCUT2D eigenvalue weighted by molar-refractivity contribution is 0.509. The summed E-state index contributed by atoms with van der Waals surface area (Å²) in [6, 6.07) is 4.15. The molecule has 0 aliphatic rings. The normalized spacial score (nSPS) is 10.5. The second kappa shape index (κ2) is 5.33. The Balaban J connectivity index is 2.28. The predicted octanol–water partition coefficient (Wildman–Crippen LogP) is 4.16. The van der Waals surface area contributed by atoms with E-state index in [2.05, 4.69) is 10.3 Å². The first-order chi connectivity index (χ1) is 9.02. The molecule has 2 rings (SSSR count). The molecule has 3 nitrogen and oxygen atoms in total. The summed E-state index contributed by atoms with van der Waals surface area (Å²) < 4.78 is 27.1. The Bertz CT molecular complexity index is 644. The van der Waals surface area contributed by atoms with Crippen LogP contribution in [0.15, 0.2) is 17.5 Å². The fraction of sp³-hybridized carbons (Fsp3) is 0.231. The lowest BCUT2D eigenvalue weighted by atomic mass is 10.2. The van der Waals surface area contributed by atoms with Crippen LogP contribution in [0.1, 0.15) is 31.0 Å². The van der Waals surface area contributed by atoms with Crippen LogP contribution in [0.3, 0.4) is 0 Å². The van der Waals surface area contributed by atoms with E-state index in [1.165, 1.54) is 23.5 Å². The van der Waals surface area contributed by atoms with Gasteiger partial charge in [0, 0.05) is 5.38 Å². The van der Waals surface area contributed by atoms with E-state index < -0.39 is 11.6 Å². The highest BCUT2D eigenvalue weighted by Gasteiger charge is 2.14. The molecule has 1 N–H and O–H groups in total. The predicted molar refractivity (Wildman–Crippen MR) is 70.6 cm³/mol. The van der Waals surface area contributed by atoms with E-state index in [-0.39, 0.29) is 17.2 Å². The van der Waals surface area contributed by atoms with Gasteiger partial charge in [-0.05, 0) is 18.1 Å². The van der Waals surface area contributed by atoms with Gasteiger partial charge in [-0.2, -0.15) is 5.26 Å². The number of anilines is 2. The molecule has 0 unspecified atom stereocenters. The molecule has 0 atom stereocenters. The van der Waals surface area contributed by atoms with Gasteiger partial charge in [-0.3, -0.25) is 0 Å². The minimum atomic E-state index is -1.15. The van der Waals surface area contributed by atoms with Gasteiger partial charge in [0.2, 0.25) is 0 Å². The molecule has 0 fully saturated rings. The second-order valence-corrected chi connectivity index (χ2v) is 5.12. The molecule has 0 amide bonds. The number of thiazole rings is 1. The van der Waals surface area contributed by atoms with Crippen molar-refractivity contribution in [1.29, 1.82) is 5.26 Å². The molecule has 0 aliphatic heterocycles. The van der Waals surface area contributed by atoms with Gasteiger partial charge < -0.3 is 5.32 Å². The Kier molecular flexibility index (Phi) is 3.76. The first-order valence-corrected chi connectivity index (χ1v) is 6.51. The quantitative estimate of drug-likeness (QED) is 0.917. The zero-order chi connectivity index (χ0) is 14.0. The summed E-state index contributed by atoms with van der Waals surface area (Å²) in [5, 5.41) is 13.7. The molecular formula is C13H11F2N3S. The maximum Gasteiger partial charge on any atom is 0.187 e. The lowest BCUT2D eigenvalue weighted by Crippen LogP contribution is -1.98. The summed E-state index contributed by atoms with van der Waals surface area (Å²) in [4.78, 5) is 4.27. The summed E-state index contributed by atoms with van der Waals surface area (Å²) in [6.45, 7) is 4.00.